The summed E-state index contributed by atoms with van der Waals surface area (Å²) in [6.07, 6.45) is 2.57. The molecule has 1 fully saturated rings. The lowest BCUT2D eigenvalue weighted by atomic mass is 10.1. The highest BCUT2D eigenvalue weighted by molar-refractivity contribution is 7.09. The van der Waals surface area contributed by atoms with Crippen LogP contribution >= 0.6 is 11.3 Å². The molecule has 1 aromatic heterocycles. The van der Waals surface area contributed by atoms with Crippen LogP contribution in [0.15, 0.2) is 60.0 Å². The number of nitrogens with zero attached hydrogens (tertiary/aromatic N) is 2. The van der Waals surface area contributed by atoms with Crippen molar-refractivity contribution in [2.45, 2.75) is 38.8 Å². The molecule has 3 aromatic rings. The molecule has 0 bridgehead atoms. The van der Waals surface area contributed by atoms with E-state index in [1.165, 1.54) is 0 Å². The lowest BCUT2D eigenvalue weighted by Crippen LogP contribution is -2.44. The summed E-state index contributed by atoms with van der Waals surface area (Å²) in [6.45, 7) is 3.10. The molecular weight excluding hydrogens is 460 g/mol. The molecule has 0 spiro atoms. The molecule has 2 aromatic carbocycles. The zero-order valence-corrected chi connectivity index (χ0v) is 21.3. The van der Waals surface area contributed by atoms with Gasteiger partial charge in [-0.15, -0.1) is 11.3 Å². The SMILES string of the molecule is COc1ccc(CCN(Cc2cccs2)C(=O)CN(C(=O)c2ccccc2C)C2CC2)cc1OC. The molecule has 1 aliphatic carbocycles. The molecule has 0 N–H and O–H groups in total. The predicted molar refractivity (Wildman–Crippen MR) is 138 cm³/mol. The van der Waals surface area contributed by atoms with E-state index >= 15 is 0 Å². The van der Waals surface area contributed by atoms with Crippen molar-refractivity contribution < 1.29 is 19.1 Å². The fourth-order valence-corrected chi connectivity index (χ4v) is 4.87. The molecule has 35 heavy (non-hydrogen) atoms. The Morgan fingerprint density at radius 2 is 1.77 bits per heavy atom. The van der Waals surface area contributed by atoms with Gasteiger partial charge in [0, 0.05) is 23.0 Å². The first-order chi connectivity index (χ1) is 17.0. The number of benzene rings is 2. The zero-order valence-electron chi connectivity index (χ0n) is 20.5. The number of ether oxygens (including phenoxy) is 2. The van der Waals surface area contributed by atoms with Crippen molar-refractivity contribution in [3.8, 4) is 11.5 Å². The Kier molecular flexibility index (Phi) is 8.08. The first-order valence-electron chi connectivity index (χ1n) is 11.9. The van der Waals surface area contributed by atoms with Gasteiger partial charge in [-0.25, -0.2) is 0 Å². The average Bonchev–Trinajstić information content (AvgIpc) is 3.59. The first kappa shape index (κ1) is 24.8. The summed E-state index contributed by atoms with van der Waals surface area (Å²) < 4.78 is 10.8. The van der Waals surface area contributed by atoms with Crippen molar-refractivity contribution in [3.05, 3.63) is 81.5 Å². The van der Waals surface area contributed by atoms with Gasteiger partial charge in [0.2, 0.25) is 5.91 Å². The molecule has 0 aliphatic heterocycles. The van der Waals surface area contributed by atoms with Crippen molar-refractivity contribution in [2.75, 3.05) is 27.3 Å². The third-order valence-electron chi connectivity index (χ3n) is 6.33. The van der Waals surface area contributed by atoms with E-state index in [4.69, 9.17) is 9.47 Å². The van der Waals surface area contributed by atoms with Crippen LogP contribution in [0.2, 0.25) is 0 Å². The van der Waals surface area contributed by atoms with Crippen LogP contribution in [0.5, 0.6) is 11.5 Å². The minimum atomic E-state index is -0.0603. The number of carbonyl (C=O) groups excluding carboxylic acids is 2. The maximum Gasteiger partial charge on any atom is 0.254 e. The Balaban J connectivity index is 1.50. The molecule has 4 rings (SSSR count). The van der Waals surface area contributed by atoms with Gasteiger partial charge in [-0.05, 0) is 67.0 Å². The number of hydrogen-bond acceptors (Lipinski definition) is 5. The quantitative estimate of drug-likeness (QED) is 0.380. The highest BCUT2D eigenvalue weighted by Crippen LogP contribution is 2.30. The van der Waals surface area contributed by atoms with Crippen molar-refractivity contribution in [2.24, 2.45) is 0 Å². The monoisotopic (exact) mass is 492 g/mol. The Hall–Kier alpha value is -3.32. The van der Waals surface area contributed by atoms with Crippen LogP contribution in [0.25, 0.3) is 0 Å². The van der Waals surface area contributed by atoms with E-state index in [0.717, 1.165) is 28.8 Å². The second kappa shape index (κ2) is 11.4. The maximum atomic E-state index is 13.6. The molecule has 1 aliphatic rings. The summed E-state index contributed by atoms with van der Waals surface area (Å²) in [5.41, 5.74) is 2.66. The van der Waals surface area contributed by atoms with Crippen LogP contribution in [0.1, 0.15) is 39.2 Å². The van der Waals surface area contributed by atoms with Crippen LogP contribution in [0.4, 0.5) is 0 Å². The maximum absolute atomic E-state index is 13.6. The number of aryl methyl sites for hydroxylation is 1. The van der Waals surface area contributed by atoms with Crippen molar-refractivity contribution >= 4 is 23.2 Å². The van der Waals surface area contributed by atoms with Gasteiger partial charge in [0.05, 0.1) is 20.8 Å². The largest absolute Gasteiger partial charge is 0.493 e. The molecule has 0 saturated heterocycles. The molecule has 0 atom stereocenters. The lowest BCUT2D eigenvalue weighted by Gasteiger charge is -2.28. The predicted octanol–water partition coefficient (Wildman–Crippen LogP) is 4.95. The Morgan fingerprint density at radius 3 is 2.43 bits per heavy atom. The molecule has 1 saturated carbocycles. The summed E-state index contributed by atoms with van der Waals surface area (Å²) >= 11 is 1.63. The van der Waals surface area contributed by atoms with E-state index in [0.29, 0.717) is 36.6 Å². The van der Waals surface area contributed by atoms with E-state index in [2.05, 4.69) is 0 Å². The molecular formula is C28H32N2O4S. The first-order valence-corrected chi connectivity index (χ1v) is 12.8. The number of methoxy groups -OCH3 is 2. The summed E-state index contributed by atoms with van der Waals surface area (Å²) in [6, 6.07) is 17.6. The van der Waals surface area contributed by atoms with Crippen LogP contribution < -0.4 is 9.47 Å². The lowest BCUT2D eigenvalue weighted by molar-refractivity contribution is -0.132. The van der Waals surface area contributed by atoms with Gasteiger partial charge < -0.3 is 19.3 Å². The molecule has 1 heterocycles. The van der Waals surface area contributed by atoms with Gasteiger partial charge in [-0.2, -0.15) is 0 Å². The van der Waals surface area contributed by atoms with Gasteiger partial charge in [-0.1, -0.05) is 30.3 Å². The number of hydrogen-bond donors (Lipinski definition) is 0. The van der Waals surface area contributed by atoms with Crippen LogP contribution in [0.3, 0.4) is 0 Å². The van der Waals surface area contributed by atoms with Crippen LogP contribution in [0, 0.1) is 6.92 Å². The molecule has 7 heteroatoms. The fourth-order valence-electron chi connectivity index (χ4n) is 4.15. The fraction of sp³-hybridized carbons (Fsp3) is 0.357. The van der Waals surface area contributed by atoms with Crippen molar-refractivity contribution in [3.63, 3.8) is 0 Å². The smallest absolute Gasteiger partial charge is 0.254 e. The third-order valence-corrected chi connectivity index (χ3v) is 7.19. The van der Waals surface area contributed by atoms with Gasteiger partial charge in [0.15, 0.2) is 11.5 Å². The van der Waals surface area contributed by atoms with Crippen molar-refractivity contribution in [1.82, 2.24) is 9.80 Å². The van der Waals surface area contributed by atoms with Gasteiger partial charge >= 0.3 is 0 Å². The standard InChI is InChI=1S/C28H32N2O4S/c1-20-7-4-5-9-24(20)28(32)30(22-11-12-22)19-27(31)29(18-23-8-6-16-35-23)15-14-21-10-13-25(33-2)26(17-21)34-3/h4-10,13,16-17,22H,11-12,14-15,18-19H2,1-3H3. The minimum Gasteiger partial charge on any atom is -0.493 e. The molecule has 0 radical (unpaired) electrons. The van der Waals surface area contributed by atoms with Crippen molar-refractivity contribution in [1.29, 1.82) is 0 Å². The molecule has 0 unspecified atom stereocenters. The van der Waals surface area contributed by atoms with E-state index in [-0.39, 0.29) is 24.4 Å². The molecule has 2 amide bonds. The molecule has 6 nitrogen and oxygen atoms in total. The van der Waals surface area contributed by atoms with Crippen LogP contribution in [-0.4, -0.2) is 55.0 Å². The Morgan fingerprint density at radius 1 is 1.00 bits per heavy atom. The topological polar surface area (TPSA) is 59.1 Å². The van der Waals surface area contributed by atoms with Gasteiger partial charge in [-0.3, -0.25) is 9.59 Å². The number of carbonyl (C=O) groups is 2. The zero-order chi connectivity index (χ0) is 24.8. The second-order valence-electron chi connectivity index (χ2n) is 8.81. The number of thiophene rings is 1. The summed E-state index contributed by atoms with van der Waals surface area (Å²) in [4.78, 5) is 31.7. The van der Waals surface area contributed by atoms with E-state index < -0.39 is 0 Å². The highest BCUT2D eigenvalue weighted by atomic mass is 32.1. The Bertz CT molecular complexity index is 1160. The Labute approximate surface area is 211 Å². The van der Waals surface area contributed by atoms with E-state index in [1.54, 1.807) is 30.5 Å². The third kappa shape index (κ3) is 6.22. The van der Waals surface area contributed by atoms with E-state index in [9.17, 15) is 9.59 Å². The van der Waals surface area contributed by atoms with Gasteiger partial charge in [0.1, 0.15) is 6.54 Å². The number of amides is 2. The van der Waals surface area contributed by atoms with Gasteiger partial charge in [0.25, 0.3) is 5.91 Å². The van der Waals surface area contributed by atoms with E-state index in [1.807, 2.05) is 71.8 Å². The summed E-state index contributed by atoms with van der Waals surface area (Å²) in [5.74, 6) is 1.25. The minimum absolute atomic E-state index is 0.0345. The summed E-state index contributed by atoms with van der Waals surface area (Å²) in [7, 11) is 3.23. The normalized spacial score (nSPS) is 12.8. The highest BCUT2D eigenvalue weighted by Gasteiger charge is 2.35. The average molecular weight is 493 g/mol. The second-order valence-corrected chi connectivity index (χ2v) is 9.85. The number of rotatable bonds is 11. The van der Waals surface area contributed by atoms with Crippen LogP contribution in [-0.2, 0) is 17.8 Å². The molecule has 184 valence electrons. The summed E-state index contributed by atoms with van der Waals surface area (Å²) in [5, 5.41) is 2.02.